The topological polar surface area (TPSA) is 49.1 Å². The summed E-state index contributed by atoms with van der Waals surface area (Å²) in [6.45, 7) is 6.76. The number of likely N-dealkylation sites (tertiary alicyclic amines) is 1. The van der Waals surface area contributed by atoms with Crippen LogP contribution in [0.25, 0.3) is 0 Å². The summed E-state index contributed by atoms with van der Waals surface area (Å²) < 4.78 is 11.5. The van der Waals surface area contributed by atoms with Crippen LogP contribution in [-0.4, -0.2) is 54.3 Å². The zero-order valence-electron chi connectivity index (χ0n) is 17.3. The lowest BCUT2D eigenvalue weighted by molar-refractivity contribution is 0.0693. The Morgan fingerprint density at radius 3 is 2.61 bits per heavy atom. The van der Waals surface area contributed by atoms with E-state index in [1.54, 1.807) is 0 Å². The van der Waals surface area contributed by atoms with Gasteiger partial charge in [-0.2, -0.15) is 0 Å². The first-order valence-corrected chi connectivity index (χ1v) is 10.4. The number of β-amino-alcohol motifs (C(OH)–C–C–N with tert-alkyl or cyclic N) is 1. The molecule has 1 N–H and O–H groups in total. The quantitative estimate of drug-likeness (QED) is 0.710. The minimum atomic E-state index is -0.452. The molecule has 1 aliphatic rings. The van der Waals surface area contributed by atoms with Crippen molar-refractivity contribution in [3.8, 4) is 5.75 Å². The van der Waals surface area contributed by atoms with Crippen LogP contribution >= 0.6 is 0 Å². The number of furan rings is 1. The molecule has 2 heterocycles. The molecular formula is C23H34N2O3. The number of hydrogen-bond acceptors (Lipinski definition) is 5. The van der Waals surface area contributed by atoms with E-state index in [4.69, 9.17) is 9.15 Å². The molecule has 1 aromatic heterocycles. The van der Waals surface area contributed by atoms with Crippen LogP contribution in [0.4, 0.5) is 0 Å². The molecule has 3 rings (SSSR count). The van der Waals surface area contributed by atoms with Gasteiger partial charge >= 0.3 is 0 Å². The molecule has 2 aromatic rings. The first-order chi connectivity index (χ1) is 13.6. The smallest absolute Gasteiger partial charge is 0.119 e. The maximum atomic E-state index is 10.4. The van der Waals surface area contributed by atoms with Crippen molar-refractivity contribution >= 4 is 0 Å². The number of ether oxygens (including phenoxy) is 1. The van der Waals surface area contributed by atoms with Gasteiger partial charge in [0.1, 0.15) is 30.0 Å². The van der Waals surface area contributed by atoms with Gasteiger partial charge in [-0.1, -0.05) is 25.0 Å². The molecule has 0 amide bonds. The molecule has 0 radical (unpaired) electrons. The Labute approximate surface area is 168 Å². The second-order valence-corrected chi connectivity index (χ2v) is 8.01. The van der Waals surface area contributed by atoms with Crippen LogP contribution in [-0.2, 0) is 13.1 Å². The maximum Gasteiger partial charge on any atom is 0.119 e. The molecule has 1 aromatic carbocycles. The lowest BCUT2D eigenvalue weighted by Gasteiger charge is -2.23. The number of hydrogen-bond donors (Lipinski definition) is 1. The Morgan fingerprint density at radius 2 is 1.89 bits per heavy atom. The molecule has 1 saturated heterocycles. The molecule has 5 heteroatoms. The van der Waals surface area contributed by atoms with Crippen molar-refractivity contribution in [1.82, 2.24) is 9.80 Å². The van der Waals surface area contributed by atoms with E-state index >= 15 is 0 Å². The third-order valence-corrected chi connectivity index (χ3v) is 5.18. The van der Waals surface area contributed by atoms with Crippen molar-refractivity contribution in [3.63, 3.8) is 0 Å². The van der Waals surface area contributed by atoms with E-state index in [-0.39, 0.29) is 0 Å². The van der Waals surface area contributed by atoms with Crippen molar-refractivity contribution in [2.24, 2.45) is 0 Å². The molecule has 0 spiro atoms. The van der Waals surface area contributed by atoms with Gasteiger partial charge in [0.15, 0.2) is 0 Å². The van der Waals surface area contributed by atoms with E-state index < -0.39 is 6.10 Å². The second kappa shape index (κ2) is 10.6. The summed E-state index contributed by atoms with van der Waals surface area (Å²) >= 11 is 0. The Morgan fingerprint density at radius 1 is 1.11 bits per heavy atom. The predicted octanol–water partition coefficient (Wildman–Crippen LogP) is 3.84. The van der Waals surface area contributed by atoms with Crippen molar-refractivity contribution in [2.45, 2.75) is 51.8 Å². The predicted molar refractivity (Wildman–Crippen MR) is 111 cm³/mol. The zero-order chi connectivity index (χ0) is 19.8. The highest BCUT2D eigenvalue weighted by molar-refractivity contribution is 5.28. The molecule has 0 saturated carbocycles. The Bertz CT molecular complexity index is 707. The molecule has 5 nitrogen and oxygen atoms in total. The van der Waals surface area contributed by atoms with Crippen LogP contribution < -0.4 is 4.74 Å². The average Bonchev–Trinajstić information content (AvgIpc) is 2.90. The zero-order valence-corrected chi connectivity index (χ0v) is 17.3. The molecule has 154 valence electrons. The Kier molecular flexibility index (Phi) is 7.95. The summed E-state index contributed by atoms with van der Waals surface area (Å²) in [6, 6.07) is 12.1. The van der Waals surface area contributed by atoms with Gasteiger partial charge < -0.3 is 19.2 Å². The number of aryl methyl sites for hydroxylation is 1. The van der Waals surface area contributed by atoms with Gasteiger partial charge in [-0.3, -0.25) is 4.90 Å². The molecular weight excluding hydrogens is 352 g/mol. The van der Waals surface area contributed by atoms with Crippen LogP contribution in [0, 0.1) is 6.92 Å². The molecule has 0 bridgehead atoms. The molecule has 0 unspecified atom stereocenters. The van der Waals surface area contributed by atoms with Crippen LogP contribution in [0.3, 0.4) is 0 Å². The van der Waals surface area contributed by atoms with Crippen LogP contribution in [0.15, 0.2) is 40.8 Å². The van der Waals surface area contributed by atoms with Crippen LogP contribution in [0.1, 0.15) is 42.8 Å². The minimum Gasteiger partial charge on any atom is -0.491 e. The average molecular weight is 387 g/mol. The summed E-state index contributed by atoms with van der Waals surface area (Å²) in [7, 11) is 2.08. The van der Waals surface area contributed by atoms with Crippen LogP contribution in [0.5, 0.6) is 5.75 Å². The van der Waals surface area contributed by atoms with E-state index in [1.807, 2.05) is 31.2 Å². The SMILES string of the molecule is Cc1ccc(CN(C)Cc2cccc(OC[C@@H](O)CN3CCCCCC3)c2)o1. The number of nitrogens with zero attached hydrogens (tertiary/aromatic N) is 2. The highest BCUT2D eigenvalue weighted by atomic mass is 16.5. The van der Waals surface area contributed by atoms with Crippen molar-refractivity contribution in [1.29, 1.82) is 0 Å². The van der Waals surface area contributed by atoms with Gasteiger partial charge in [0.05, 0.1) is 6.54 Å². The fourth-order valence-electron chi connectivity index (χ4n) is 3.80. The molecule has 1 aliphatic heterocycles. The third kappa shape index (κ3) is 6.97. The highest BCUT2D eigenvalue weighted by Gasteiger charge is 2.14. The monoisotopic (exact) mass is 386 g/mol. The summed E-state index contributed by atoms with van der Waals surface area (Å²) in [5.41, 5.74) is 1.19. The van der Waals surface area contributed by atoms with Crippen molar-refractivity contribution in [2.75, 3.05) is 33.3 Å². The van der Waals surface area contributed by atoms with Gasteiger partial charge in [0.2, 0.25) is 0 Å². The van der Waals surface area contributed by atoms with Gasteiger partial charge in [-0.25, -0.2) is 0 Å². The standard InChI is InChI=1S/C23H34N2O3/c1-19-10-11-23(28-19)17-24(2)15-20-8-7-9-22(14-20)27-18-21(26)16-25-12-5-3-4-6-13-25/h7-11,14,21,26H,3-6,12-13,15-18H2,1-2H3/t21-/m0/s1. The van der Waals surface area contributed by atoms with Crippen molar-refractivity contribution < 1.29 is 14.3 Å². The van der Waals surface area contributed by atoms with E-state index in [2.05, 4.69) is 29.0 Å². The van der Waals surface area contributed by atoms with Gasteiger partial charge in [0, 0.05) is 13.1 Å². The third-order valence-electron chi connectivity index (χ3n) is 5.18. The molecule has 0 aliphatic carbocycles. The number of aliphatic hydroxyl groups is 1. The summed E-state index contributed by atoms with van der Waals surface area (Å²) in [4.78, 5) is 4.58. The number of rotatable bonds is 9. The normalized spacial score (nSPS) is 16.9. The summed E-state index contributed by atoms with van der Waals surface area (Å²) in [6.07, 6.45) is 4.64. The lowest BCUT2D eigenvalue weighted by atomic mass is 10.2. The van der Waals surface area contributed by atoms with Gasteiger partial charge in [0.25, 0.3) is 0 Å². The van der Waals surface area contributed by atoms with Gasteiger partial charge in [-0.05, 0) is 69.7 Å². The second-order valence-electron chi connectivity index (χ2n) is 8.01. The molecule has 1 atom stereocenters. The summed E-state index contributed by atoms with van der Waals surface area (Å²) in [5.74, 6) is 2.73. The summed E-state index contributed by atoms with van der Waals surface area (Å²) in [5, 5.41) is 10.4. The number of aliphatic hydroxyl groups excluding tert-OH is 1. The fraction of sp³-hybridized carbons (Fsp3) is 0.565. The number of benzene rings is 1. The molecule has 1 fully saturated rings. The molecule has 28 heavy (non-hydrogen) atoms. The fourth-order valence-corrected chi connectivity index (χ4v) is 3.80. The highest BCUT2D eigenvalue weighted by Crippen LogP contribution is 2.17. The van der Waals surface area contributed by atoms with Crippen LogP contribution in [0.2, 0.25) is 0 Å². The Balaban J connectivity index is 1.44. The van der Waals surface area contributed by atoms with E-state index in [1.165, 1.54) is 31.2 Å². The minimum absolute atomic E-state index is 0.335. The van der Waals surface area contributed by atoms with E-state index in [0.29, 0.717) is 13.2 Å². The lowest BCUT2D eigenvalue weighted by Crippen LogP contribution is -2.36. The largest absolute Gasteiger partial charge is 0.491 e. The van der Waals surface area contributed by atoms with Crippen molar-refractivity contribution in [3.05, 3.63) is 53.5 Å². The maximum absolute atomic E-state index is 10.4. The van der Waals surface area contributed by atoms with Gasteiger partial charge in [-0.15, -0.1) is 0 Å². The first kappa shape index (κ1) is 20.9. The van der Waals surface area contributed by atoms with E-state index in [0.717, 1.165) is 43.4 Å². The van der Waals surface area contributed by atoms with E-state index in [9.17, 15) is 5.11 Å². The Hall–Kier alpha value is -1.82. The first-order valence-electron chi connectivity index (χ1n) is 10.4.